The maximum Gasteiger partial charge on any atom is 0.327 e. The fourth-order valence-corrected chi connectivity index (χ4v) is 2.96. The highest BCUT2D eigenvalue weighted by Gasteiger charge is 2.55. The third-order valence-corrected chi connectivity index (χ3v) is 4.27. The van der Waals surface area contributed by atoms with Crippen LogP contribution in [0.25, 0.3) is 0 Å². The van der Waals surface area contributed by atoms with Gasteiger partial charge in [-0.25, -0.2) is 4.90 Å². The molecule has 8 heteroatoms. The lowest BCUT2D eigenvalue weighted by Crippen LogP contribution is -2.42. The molecule has 2 aliphatic heterocycles. The lowest BCUT2D eigenvalue weighted by atomic mass is 10.0. The smallest absolute Gasteiger partial charge is 0.327 e. The van der Waals surface area contributed by atoms with Gasteiger partial charge in [-0.2, -0.15) is 5.11 Å². The second-order valence-corrected chi connectivity index (χ2v) is 6.26. The van der Waals surface area contributed by atoms with Crippen LogP contribution in [0.1, 0.15) is 32.3 Å². The van der Waals surface area contributed by atoms with Crippen molar-refractivity contribution in [2.75, 3.05) is 18.1 Å². The van der Waals surface area contributed by atoms with E-state index in [4.69, 9.17) is 4.74 Å². The average Bonchev–Trinajstić information content (AvgIpc) is 3.08. The van der Waals surface area contributed by atoms with Gasteiger partial charge in [-0.05, 0) is 30.5 Å². The summed E-state index contributed by atoms with van der Waals surface area (Å²) in [6, 6.07) is 5.49. The van der Waals surface area contributed by atoms with Gasteiger partial charge in [0.1, 0.15) is 6.54 Å². The molecule has 0 bridgehead atoms. The van der Waals surface area contributed by atoms with Gasteiger partial charge in [-0.3, -0.25) is 19.4 Å². The third-order valence-electron chi connectivity index (χ3n) is 4.27. The molecule has 3 rings (SSSR count). The van der Waals surface area contributed by atoms with E-state index in [0.29, 0.717) is 11.6 Å². The first-order chi connectivity index (χ1) is 11.9. The Labute approximate surface area is 145 Å². The van der Waals surface area contributed by atoms with E-state index in [0.717, 1.165) is 10.5 Å². The molecule has 1 aromatic carbocycles. The average molecular weight is 344 g/mol. The largest absolute Gasteiger partial charge is 0.465 e. The summed E-state index contributed by atoms with van der Waals surface area (Å²) in [5.74, 6) is -1.02. The molecule has 25 heavy (non-hydrogen) atoms. The van der Waals surface area contributed by atoms with Crippen LogP contribution in [0, 0.1) is 0 Å². The molecule has 2 aliphatic rings. The summed E-state index contributed by atoms with van der Waals surface area (Å²) in [6.07, 6.45) is 0. The maximum absolute atomic E-state index is 12.8. The van der Waals surface area contributed by atoms with Gasteiger partial charge in [-0.1, -0.05) is 31.2 Å². The molecule has 132 valence electrons. The topological polar surface area (TPSA) is 91.6 Å². The number of benzene rings is 1. The fraction of sp³-hybridized carbons (Fsp3) is 0.471. The van der Waals surface area contributed by atoms with E-state index in [-0.39, 0.29) is 13.2 Å². The molecule has 0 radical (unpaired) electrons. The monoisotopic (exact) mass is 344 g/mol. The van der Waals surface area contributed by atoms with Crippen molar-refractivity contribution in [2.45, 2.75) is 38.8 Å². The van der Waals surface area contributed by atoms with Crippen LogP contribution < -0.4 is 4.90 Å². The Bertz CT molecular complexity index is 729. The van der Waals surface area contributed by atoms with E-state index < -0.39 is 29.9 Å². The zero-order valence-electron chi connectivity index (χ0n) is 14.4. The number of imide groups is 1. The summed E-state index contributed by atoms with van der Waals surface area (Å²) >= 11 is 0. The number of hydrogen-bond donors (Lipinski definition) is 0. The van der Waals surface area contributed by atoms with E-state index in [9.17, 15) is 14.4 Å². The van der Waals surface area contributed by atoms with Gasteiger partial charge in [-0.15, -0.1) is 0 Å². The second-order valence-electron chi connectivity index (χ2n) is 6.26. The van der Waals surface area contributed by atoms with Gasteiger partial charge in [0.2, 0.25) is 0 Å². The summed E-state index contributed by atoms with van der Waals surface area (Å²) in [7, 11) is 0. The molecule has 0 aromatic heterocycles. The third kappa shape index (κ3) is 2.99. The molecule has 0 aliphatic carbocycles. The van der Waals surface area contributed by atoms with Crippen molar-refractivity contribution in [1.29, 1.82) is 0 Å². The van der Waals surface area contributed by atoms with E-state index in [1.54, 1.807) is 19.1 Å². The minimum absolute atomic E-state index is 0.211. The highest BCUT2D eigenvalue weighted by atomic mass is 16.5. The number of amides is 2. The number of ether oxygens (including phenoxy) is 1. The van der Waals surface area contributed by atoms with Crippen molar-refractivity contribution in [3.8, 4) is 0 Å². The van der Waals surface area contributed by atoms with Crippen molar-refractivity contribution in [3.63, 3.8) is 0 Å². The van der Waals surface area contributed by atoms with Crippen molar-refractivity contribution >= 4 is 23.5 Å². The lowest BCUT2D eigenvalue weighted by molar-refractivity contribution is -0.145. The number of anilines is 1. The minimum Gasteiger partial charge on any atom is -0.465 e. The Hall–Kier alpha value is -2.77. The van der Waals surface area contributed by atoms with Gasteiger partial charge in [0.25, 0.3) is 11.8 Å². The molecule has 1 saturated heterocycles. The molecule has 0 N–H and O–H groups in total. The normalized spacial score (nSPS) is 22.1. The van der Waals surface area contributed by atoms with Gasteiger partial charge in [0, 0.05) is 0 Å². The standard InChI is InChI=1S/C17H20N4O4/c1-4-25-13(22)9-20-15-14(18-19-20)16(23)21(17(15)24)12-7-5-11(6-8-12)10(2)3/h5-8,10,14-15H,4,9H2,1-3H3/t14-,15+/m1/s1. The summed E-state index contributed by atoms with van der Waals surface area (Å²) in [5.41, 5.74) is 1.62. The van der Waals surface area contributed by atoms with E-state index in [2.05, 4.69) is 24.2 Å². The summed E-state index contributed by atoms with van der Waals surface area (Å²) in [5, 5.41) is 8.90. The number of carbonyl (C=O) groups is 3. The summed E-state index contributed by atoms with van der Waals surface area (Å²) in [6.45, 7) is 5.86. The van der Waals surface area contributed by atoms with Crippen molar-refractivity contribution in [1.82, 2.24) is 5.01 Å². The van der Waals surface area contributed by atoms with Gasteiger partial charge < -0.3 is 4.74 Å². The highest BCUT2D eigenvalue weighted by Crippen LogP contribution is 2.32. The molecule has 2 heterocycles. The number of esters is 1. The Morgan fingerprint density at radius 2 is 1.88 bits per heavy atom. The van der Waals surface area contributed by atoms with Crippen LogP contribution in [-0.4, -0.2) is 48.0 Å². The first-order valence-corrected chi connectivity index (χ1v) is 8.24. The SMILES string of the molecule is CCOC(=O)CN1N=N[C@H]2C(=O)N(c3ccc(C(C)C)cc3)C(=O)[C@H]21. The molecule has 0 unspecified atom stereocenters. The van der Waals surface area contributed by atoms with E-state index in [1.165, 1.54) is 5.01 Å². The Morgan fingerprint density at radius 3 is 2.48 bits per heavy atom. The zero-order valence-corrected chi connectivity index (χ0v) is 14.4. The summed E-state index contributed by atoms with van der Waals surface area (Å²) < 4.78 is 4.87. The molecule has 0 spiro atoms. The first-order valence-electron chi connectivity index (χ1n) is 8.24. The van der Waals surface area contributed by atoms with Gasteiger partial charge in [0.05, 0.1) is 12.3 Å². The number of nitrogens with zero attached hydrogens (tertiary/aromatic N) is 4. The predicted molar refractivity (Wildman–Crippen MR) is 88.8 cm³/mol. The van der Waals surface area contributed by atoms with Gasteiger partial charge >= 0.3 is 5.97 Å². The maximum atomic E-state index is 12.8. The first kappa shape index (κ1) is 17.1. The van der Waals surface area contributed by atoms with Crippen LogP contribution in [0.5, 0.6) is 0 Å². The van der Waals surface area contributed by atoms with Crippen LogP contribution in [0.2, 0.25) is 0 Å². The van der Waals surface area contributed by atoms with Crippen LogP contribution in [0.15, 0.2) is 34.6 Å². The van der Waals surface area contributed by atoms with Crippen molar-refractivity contribution < 1.29 is 19.1 Å². The van der Waals surface area contributed by atoms with Crippen LogP contribution in [0.4, 0.5) is 5.69 Å². The van der Waals surface area contributed by atoms with Crippen molar-refractivity contribution in [3.05, 3.63) is 29.8 Å². The molecule has 8 nitrogen and oxygen atoms in total. The molecule has 2 atom stereocenters. The predicted octanol–water partition coefficient (Wildman–Crippen LogP) is 1.67. The number of rotatable bonds is 5. The van der Waals surface area contributed by atoms with Crippen molar-refractivity contribution in [2.24, 2.45) is 10.3 Å². The minimum atomic E-state index is -0.910. The lowest BCUT2D eigenvalue weighted by Gasteiger charge is -2.20. The zero-order chi connectivity index (χ0) is 18.1. The van der Waals surface area contributed by atoms with Crippen LogP contribution >= 0.6 is 0 Å². The van der Waals surface area contributed by atoms with Crippen LogP contribution in [0.3, 0.4) is 0 Å². The molecule has 0 saturated carbocycles. The van der Waals surface area contributed by atoms with E-state index in [1.807, 2.05) is 12.1 Å². The van der Waals surface area contributed by atoms with E-state index >= 15 is 0 Å². The summed E-state index contributed by atoms with van der Waals surface area (Å²) in [4.78, 5) is 38.1. The molecular formula is C17H20N4O4. The number of carbonyl (C=O) groups excluding carboxylic acids is 3. The molecule has 2 amide bonds. The molecular weight excluding hydrogens is 324 g/mol. The number of hydrogen-bond acceptors (Lipinski definition) is 7. The highest BCUT2D eigenvalue weighted by molar-refractivity contribution is 6.25. The van der Waals surface area contributed by atoms with Crippen LogP contribution in [-0.2, 0) is 19.1 Å². The Morgan fingerprint density at radius 1 is 1.20 bits per heavy atom. The molecule has 1 fully saturated rings. The fourth-order valence-electron chi connectivity index (χ4n) is 2.96. The second kappa shape index (κ2) is 6.62. The Balaban J connectivity index is 1.81. The molecule has 1 aromatic rings. The van der Waals surface area contributed by atoms with Gasteiger partial charge in [0.15, 0.2) is 12.1 Å². The quantitative estimate of drug-likeness (QED) is 0.598. The Kier molecular flexibility index (Phi) is 4.52. The number of fused-ring (bicyclic) bond motifs is 1.